The molecule has 1 aromatic heterocycles. The van der Waals surface area contributed by atoms with Gasteiger partial charge in [0.05, 0.1) is 0 Å². The molecule has 5 heteroatoms. The van der Waals surface area contributed by atoms with E-state index >= 15 is 0 Å². The number of anilines is 2. The fraction of sp³-hybridized carbons (Fsp3) is 0.375. The number of hydrogen-bond donors (Lipinski definition) is 2. The fourth-order valence-corrected chi connectivity index (χ4v) is 2.69. The molecule has 1 fully saturated rings. The average molecular weight is 283 g/mol. The van der Waals surface area contributed by atoms with E-state index in [-0.39, 0.29) is 0 Å². The van der Waals surface area contributed by atoms with Crippen LogP contribution >= 0.6 is 0 Å². The second-order valence-corrected chi connectivity index (χ2v) is 5.37. The Kier molecular flexibility index (Phi) is 4.31. The Labute approximate surface area is 125 Å². The SMILES string of the molecule is CNc1ccnc(N[C@@H]2CCN(Cc3ccccc3)C2)n1. The maximum absolute atomic E-state index is 4.41. The zero-order valence-corrected chi connectivity index (χ0v) is 12.3. The number of rotatable bonds is 5. The lowest BCUT2D eigenvalue weighted by Gasteiger charge is -2.16. The van der Waals surface area contributed by atoms with Gasteiger partial charge in [-0.05, 0) is 18.1 Å². The van der Waals surface area contributed by atoms with Gasteiger partial charge >= 0.3 is 0 Å². The van der Waals surface area contributed by atoms with Crippen molar-refractivity contribution in [3.8, 4) is 0 Å². The molecule has 1 atom stereocenters. The second kappa shape index (κ2) is 6.54. The van der Waals surface area contributed by atoms with Crippen molar-refractivity contribution in [2.24, 2.45) is 0 Å². The molecule has 1 aliphatic heterocycles. The van der Waals surface area contributed by atoms with Gasteiger partial charge in [0.1, 0.15) is 5.82 Å². The van der Waals surface area contributed by atoms with E-state index < -0.39 is 0 Å². The van der Waals surface area contributed by atoms with Crippen LogP contribution in [-0.4, -0.2) is 41.0 Å². The van der Waals surface area contributed by atoms with Crippen molar-refractivity contribution in [2.45, 2.75) is 19.0 Å². The van der Waals surface area contributed by atoms with Gasteiger partial charge in [-0.2, -0.15) is 4.98 Å². The second-order valence-electron chi connectivity index (χ2n) is 5.37. The smallest absolute Gasteiger partial charge is 0.224 e. The number of nitrogens with zero attached hydrogens (tertiary/aromatic N) is 3. The molecule has 110 valence electrons. The lowest BCUT2D eigenvalue weighted by Crippen LogP contribution is -2.26. The summed E-state index contributed by atoms with van der Waals surface area (Å²) >= 11 is 0. The highest BCUT2D eigenvalue weighted by molar-refractivity contribution is 5.39. The van der Waals surface area contributed by atoms with E-state index in [1.807, 2.05) is 13.1 Å². The molecule has 1 saturated heterocycles. The molecule has 0 unspecified atom stereocenters. The summed E-state index contributed by atoms with van der Waals surface area (Å²) in [7, 11) is 1.86. The van der Waals surface area contributed by atoms with Gasteiger partial charge < -0.3 is 10.6 Å². The van der Waals surface area contributed by atoms with E-state index in [1.165, 1.54) is 5.56 Å². The molecule has 2 aromatic rings. The Morgan fingerprint density at radius 1 is 1.24 bits per heavy atom. The molecule has 0 bridgehead atoms. The molecular weight excluding hydrogens is 262 g/mol. The minimum absolute atomic E-state index is 0.417. The molecule has 3 rings (SSSR count). The van der Waals surface area contributed by atoms with Crippen LogP contribution in [0.3, 0.4) is 0 Å². The van der Waals surface area contributed by atoms with Crippen LogP contribution in [0.2, 0.25) is 0 Å². The summed E-state index contributed by atoms with van der Waals surface area (Å²) in [6.07, 6.45) is 2.90. The molecule has 0 radical (unpaired) electrons. The Balaban J connectivity index is 1.54. The van der Waals surface area contributed by atoms with Crippen LogP contribution < -0.4 is 10.6 Å². The van der Waals surface area contributed by atoms with E-state index in [9.17, 15) is 0 Å². The van der Waals surface area contributed by atoms with Gasteiger partial charge in [-0.15, -0.1) is 0 Å². The molecule has 1 aromatic carbocycles. The Hall–Kier alpha value is -2.14. The molecule has 1 aliphatic rings. The molecule has 5 nitrogen and oxygen atoms in total. The summed E-state index contributed by atoms with van der Waals surface area (Å²) in [5.74, 6) is 1.54. The molecule has 21 heavy (non-hydrogen) atoms. The van der Waals surface area contributed by atoms with Crippen molar-refractivity contribution < 1.29 is 0 Å². The summed E-state index contributed by atoms with van der Waals surface area (Å²) in [6.45, 7) is 3.15. The number of nitrogens with one attached hydrogen (secondary N) is 2. The summed E-state index contributed by atoms with van der Waals surface area (Å²) in [4.78, 5) is 11.2. The third-order valence-corrected chi connectivity index (χ3v) is 3.77. The first-order valence-corrected chi connectivity index (χ1v) is 7.37. The monoisotopic (exact) mass is 283 g/mol. The van der Waals surface area contributed by atoms with Gasteiger partial charge in [-0.3, -0.25) is 4.90 Å². The molecule has 0 amide bonds. The van der Waals surface area contributed by atoms with Gasteiger partial charge in [0.15, 0.2) is 0 Å². The first-order valence-electron chi connectivity index (χ1n) is 7.37. The number of aromatic nitrogens is 2. The quantitative estimate of drug-likeness (QED) is 0.881. The van der Waals surface area contributed by atoms with E-state index in [1.54, 1.807) is 6.20 Å². The Bertz CT molecular complexity index is 572. The van der Waals surface area contributed by atoms with E-state index in [4.69, 9.17) is 0 Å². The first-order chi connectivity index (χ1) is 10.3. The standard InChI is InChI=1S/C16H21N5/c1-17-15-7-9-18-16(20-15)19-14-8-10-21(12-14)11-13-5-3-2-4-6-13/h2-7,9,14H,8,10-12H2,1H3,(H2,17,18,19,20)/t14-/m1/s1. The molecule has 0 aliphatic carbocycles. The fourth-order valence-electron chi connectivity index (χ4n) is 2.69. The minimum atomic E-state index is 0.417. The molecule has 0 saturated carbocycles. The van der Waals surface area contributed by atoms with Crippen molar-refractivity contribution in [3.05, 3.63) is 48.2 Å². The molecule has 0 spiro atoms. The van der Waals surface area contributed by atoms with Gasteiger partial charge in [0, 0.05) is 38.9 Å². The van der Waals surface area contributed by atoms with Crippen LogP contribution in [0, 0.1) is 0 Å². The van der Waals surface area contributed by atoms with Crippen molar-refractivity contribution in [1.82, 2.24) is 14.9 Å². The van der Waals surface area contributed by atoms with Gasteiger partial charge in [0.2, 0.25) is 5.95 Å². The highest BCUT2D eigenvalue weighted by Crippen LogP contribution is 2.16. The third-order valence-electron chi connectivity index (χ3n) is 3.77. The third kappa shape index (κ3) is 3.70. The van der Waals surface area contributed by atoms with Gasteiger partial charge in [-0.25, -0.2) is 4.98 Å². The number of hydrogen-bond acceptors (Lipinski definition) is 5. The summed E-state index contributed by atoms with van der Waals surface area (Å²) < 4.78 is 0. The summed E-state index contributed by atoms with van der Waals surface area (Å²) in [6, 6.07) is 12.9. The van der Waals surface area contributed by atoms with E-state index in [2.05, 4.69) is 55.8 Å². The Morgan fingerprint density at radius 2 is 2.10 bits per heavy atom. The minimum Gasteiger partial charge on any atom is -0.373 e. The molecule has 2 heterocycles. The average Bonchev–Trinajstić information content (AvgIpc) is 2.95. The van der Waals surface area contributed by atoms with Crippen LogP contribution in [0.5, 0.6) is 0 Å². The summed E-state index contributed by atoms with van der Waals surface area (Å²) in [5, 5.41) is 6.46. The zero-order chi connectivity index (χ0) is 14.5. The summed E-state index contributed by atoms with van der Waals surface area (Å²) in [5.41, 5.74) is 1.37. The lowest BCUT2D eigenvalue weighted by atomic mass is 10.2. The number of likely N-dealkylation sites (tertiary alicyclic amines) is 1. The Morgan fingerprint density at radius 3 is 2.90 bits per heavy atom. The molecular formula is C16H21N5. The van der Waals surface area contributed by atoms with Gasteiger partial charge in [0.25, 0.3) is 0 Å². The van der Waals surface area contributed by atoms with Crippen molar-refractivity contribution in [3.63, 3.8) is 0 Å². The normalized spacial score (nSPS) is 18.6. The van der Waals surface area contributed by atoms with Crippen molar-refractivity contribution in [2.75, 3.05) is 30.8 Å². The topological polar surface area (TPSA) is 53.1 Å². The van der Waals surface area contributed by atoms with E-state index in [0.717, 1.165) is 31.9 Å². The maximum atomic E-state index is 4.41. The van der Waals surface area contributed by atoms with E-state index in [0.29, 0.717) is 12.0 Å². The van der Waals surface area contributed by atoms with Crippen molar-refractivity contribution in [1.29, 1.82) is 0 Å². The van der Waals surface area contributed by atoms with Gasteiger partial charge in [-0.1, -0.05) is 30.3 Å². The van der Waals surface area contributed by atoms with Crippen LogP contribution in [0.4, 0.5) is 11.8 Å². The zero-order valence-electron chi connectivity index (χ0n) is 12.3. The predicted octanol–water partition coefficient (Wildman–Crippen LogP) is 2.20. The van der Waals surface area contributed by atoms with Crippen LogP contribution in [0.15, 0.2) is 42.6 Å². The maximum Gasteiger partial charge on any atom is 0.224 e. The molecule has 2 N–H and O–H groups in total. The first kappa shape index (κ1) is 13.8. The number of benzene rings is 1. The largest absolute Gasteiger partial charge is 0.373 e. The van der Waals surface area contributed by atoms with Crippen LogP contribution in [-0.2, 0) is 6.54 Å². The van der Waals surface area contributed by atoms with Crippen LogP contribution in [0.25, 0.3) is 0 Å². The predicted molar refractivity (Wildman–Crippen MR) is 85.3 cm³/mol. The lowest BCUT2D eigenvalue weighted by molar-refractivity contribution is 0.328. The van der Waals surface area contributed by atoms with Crippen LogP contribution in [0.1, 0.15) is 12.0 Å². The van der Waals surface area contributed by atoms with Crippen molar-refractivity contribution >= 4 is 11.8 Å². The highest BCUT2D eigenvalue weighted by atomic mass is 15.2. The highest BCUT2D eigenvalue weighted by Gasteiger charge is 2.22.